The molecule has 0 saturated carbocycles. The summed E-state index contributed by atoms with van der Waals surface area (Å²) < 4.78 is 1.36. The SMILES string of the molecule is O=C(Nn1cnnc1)[C@@H]1CC(=O)N(c2ccc(Cl)cc2)C1. The summed E-state index contributed by atoms with van der Waals surface area (Å²) in [6.07, 6.45) is 2.94. The van der Waals surface area contributed by atoms with Crippen LogP contribution in [0, 0.1) is 5.92 Å². The number of aromatic nitrogens is 3. The Hall–Kier alpha value is -2.41. The second-order valence-electron chi connectivity index (χ2n) is 4.73. The third kappa shape index (κ3) is 2.87. The smallest absolute Gasteiger partial charge is 0.244 e. The molecule has 108 valence electrons. The minimum atomic E-state index is -0.407. The van der Waals surface area contributed by atoms with E-state index in [9.17, 15) is 9.59 Å². The van der Waals surface area contributed by atoms with Gasteiger partial charge in [-0.1, -0.05) is 11.6 Å². The molecular weight excluding hydrogens is 294 g/mol. The van der Waals surface area contributed by atoms with Gasteiger partial charge in [-0.15, -0.1) is 10.2 Å². The first-order valence-electron chi connectivity index (χ1n) is 6.35. The minimum absolute atomic E-state index is 0.0822. The second kappa shape index (κ2) is 5.53. The topological polar surface area (TPSA) is 80.1 Å². The Morgan fingerprint density at radius 3 is 2.57 bits per heavy atom. The van der Waals surface area contributed by atoms with Crippen LogP contribution in [0.4, 0.5) is 5.69 Å². The molecule has 0 unspecified atom stereocenters. The predicted octanol–water partition coefficient (Wildman–Crippen LogP) is 1.05. The number of hydrogen-bond donors (Lipinski definition) is 1. The lowest BCUT2D eigenvalue weighted by molar-refractivity contribution is -0.123. The second-order valence-corrected chi connectivity index (χ2v) is 5.16. The molecule has 0 radical (unpaired) electrons. The van der Waals surface area contributed by atoms with Gasteiger partial charge in [0.15, 0.2) is 0 Å². The highest BCUT2D eigenvalue weighted by molar-refractivity contribution is 6.30. The number of halogens is 1. The van der Waals surface area contributed by atoms with Crippen LogP contribution in [0.2, 0.25) is 5.02 Å². The van der Waals surface area contributed by atoms with Crippen LogP contribution in [0.3, 0.4) is 0 Å². The molecule has 2 amide bonds. The first-order chi connectivity index (χ1) is 10.1. The molecule has 2 aromatic rings. The monoisotopic (exact) mass is 305 g/mol. The number of amides is 2. The van der Waals surface area contributed by atoms with Gasteiger partial charge in [-0.05, 0) is 24.3 Å². The average Bonchev–Trinajstić information content (AvgIpc) is 3.09. The van der Waals surface area contributed by atoms with Crippen LogP contribution < -0.4 is 10.3 Å². The van der Waals surface area contributed by atoms with Gasteiger partial charge >= 0.3 is 0 Å². The molecule has 1 aromatic carbocycles. The van der Waals surface area contributed by atoms with Crippen LogP contribution in [0.15, 0.2) is 36.9 Å². The van der Waals surface area contributed by atoms with Crippen molar-refractivity contribution in [1.29, 1.82) is 0 Å². The highest BCUT2D eigenvalue weighted by atomic mass is 35.5. The number of rotatable bonds is 3. The lowest BCUT2D eigenvalue weighted by Crippen LogP contribution is -2.31. The van der Waals surface area contributed by atoms with Gasteiger partial charge in [-0.25, -0.2) is 4.68 Å². The molecule has 3 rings (SSSR count). The van der Waals surface area contributed by atoms with E-state index in [4.69, 9.17) is 11.6 Å². The molecule has 1 saturated heterocycles. The van der Waals surface area contributed by atoms with Crippen LogP contribution in [-0.4, -0.2) is 33.2 Å². The maximum Gasteiger partial charge on any atom is 0.244 e. The molecule has 0 spiro atoms. The Morgan fingerprint density at radius 2 is 1.90 bits per heavy atom. The molecule has 0 aliphatic carbocycles. The van der Waals surface area contributed by atoms with Crippen molar-refractivity contribution < 1.29 is 9.59 Å². The molecule has 1 aliphatic rings. The molecular formula is C13H12ClN5O2. The van der Waals surface area contributed by atoms with Crippen LogP contribution in [-0.2, 0) is 9.59 Å². The van der Waals surface area contributed by atoms with E-state index in [-0.39, 0.29) is 18.2 Å². The largest absolute Gasteiger partial charge is 0.312 e. The van der Waals surface area contributed by atoms with Crippen molar-refractivity contribution in [2.75, 3.05) is 16.9 Å². The fourth-order valence-corrected chi connectivity index (χ4v) is 2.36. The zero-order valence-electron chi connectivity index (χ0n) is 10.9. The van der Waals surface area contributed by atoms with E-state index >= 15 is 0 Å². The fraction of sp³-hybridized carbons (Fsp3) is 0.231. The molecule has 1 N–H and O–H groups in total. The van der Waals surface area contributed by atoms with Gasteiger partial charge < -0.3 is 4.90 Å². The summed E-state index contributed by atoms with van der Waals surface area (Å²) in [7, 11) is 0. The van der Waals surface area contributed by atoms with Crippen molar-refractivity contribution in [3.63, 3.8) is 0 Å². The average molecular weight is 306 g/mol. The lowest BCUT2D eigenvalue weighted by atomic mass is 10.1. The Morgan fingerprint density at radius 1 is 1.24 bits per heavy atom. The van der Waals surface area contributed by atoms with Crippen molar-refractivity contribution in [2.24, 2.45) is 5.92 Å². The predicted molar refractivity (Wildman–Crippen MR) is 76.3 cm³/mol. The third-order valence-corrected chi connectivity index (χ3v) is 3.54. The molecule has 1 atom stereocenters. The standard InChI is InChI=1S/C13H12ClN5O2/c14-10-1-3-11(4-2-10)19-6-9(5-12(19)20)13(21)17-18-7-15-16-8-18/h1-4,7-9H,5-6H2,(H,17,21)/t9-/m1/s1. The number of nitrogens with zero attached hydrogens (tertiary/aromatic N) is 4. The molecule has 1 aliphatic heterocycles. The van der Waals surface area contributed by atoms with Crippen LogP contribution in [0.5, 0.6) is 0 Å². The summed E-state index contributed by atoms with van der Waals surface area (Å²) in [5.74, 6) is -0.726. The van der Waals surface area contributed by atoms with Crippen LogP contribution in [0.25, 0.3) is 0 Å². The van der Waals surface area contributed by atoms with Gasteiger partial charge in [0, 0.05) is 23.7 Å². The summed E-state index contributed by atoms with van der Waals surface area (Å²) in [5.41, 5.74) is 3.36. The van der Waals surface area contributed by atoms with E-state index in [1.54, 1.807) is 29.2 Å². The highest BCUT2D eigenvalue weighted by Gasteiger charge is 2.35. The molecule has 1 fully saturated rings. The van der Waals surface area contributed by atoms with Gasteiger partial charge in [0.25, 0.3) is 0 Å². The molecule has 2 heterocycles. The normalized spacial score (nSPS) is 18.0. The van der Waals surface area contributed by atoms with E-state index in [0.717, 1.165) is 5.69 Å². The minimum Gasteiger partial charge on any atom is -0.312 e. The van der Waals surface area contributed by atoms with E-state index in [1.807, 2.05) is 0 Å². The quantitative estimate of drug-likeness (QED) is 0.919. The van der Waals surface area contributed by atoms with E-state index in [0.29, 0.717) is 11.6 Å². The maximum absolute atomic E-state index is 12.1. The summed E-state index contributed by atoms with van der Waals surface area (Å²) in [5, 5.41) is 7.80. The Bertz CT molecular complexity index is 656. The number of hydrogen-bond acceptors (Lipinski definition) is 4. The number of carbonyl (C=O) groups is 2. The number of benzene rings is 1. The van der Waals surface area contributed by atoms with Crippen molar-refractivity contribution >= 4 is 29.1 Å². The lowest BCUT2D eigenvalue weighted by Gasteiger charge is -2.16. The Balaban J connectivity index is 1.69. The van der Waals surface area contributed by atoms with Gasteiger partial charge in [0.1, 0.15) is 12.7 Å². The Labute approximate surface area is 125 Å². The van der Waals surface area contributed by atoms with E-state index < -0.39 is 5.92 Å². The van der Waals surface area contributed by atoms with Gasteiger partial charge in [-0.2, -0.15) is 0 Å². The van der Waals surface area contributed by atoms with Crippen molar-refractivity contribution in [1.82, 2.24) is 14.9 Å². The number of carbonyl (C=O) groups excluding carboxylic acids is 2. The fourth-order valence-electron chi connectivity index (χ4n) is 2.23. The van der Waals surface area contributed by atoms with Crippen molar-refractivity contribution in [2.45, 2.75) is 6.42 Å². The summed E-state index contributed by atoms with van der Waals surface area (Å²) in [6, 6.07) is 6.96. The zero-order valence-corrected chi connectivity index (χ0v) is 11.7. The van der Waals surface area contributed by atoms with Gasteiger partial charge in [0.2, 0.25) is 11.8 Å². The molecule has 8 heteroatoms. The molecule has 7 nitrogen and oxygen atoms in total. The third-order valence-electron chi connectivity index (χ3n) is 3.29. The molecule has 1 aromatic heterocycles. The number of nitrogens with one attached hydrogen (secondary N) is 1. The van der Waals surface area contributed by atoms with E-state index in [2.05, 4.69) is 15.6 Å². The summed E-state index contributed by atoms with van der Waals surface area (Å²) in [4.78, 5) is 25.8. The Kier molecular flexibility index (Phi) is 3.57. The number of anilines is 1. The van der Waals surface area contributed by atoms with E-state index in [1.165, 1.54) is 17.3 Å². The van der Waals surface area contributed by atoms with Gasteiger partial charge in [0.05, 0.1) is 5.92 Å². The van der Waals surface area contributed by atoms with Crippen molar-refractivity contribution in [3.05, 3.63) is 41.9 Å². The van der Waals surface area contributed by atoms with Crippen LogP contribution in [0.1, 0.15) is 6.42 Å². The summed E-state index contributed by atoms with van der Waals surface area (Å²) in [6.45, 7) is 0.342. The molecule has 0 bridgehead atoms. The van der Waals surface area contributed by atoms with Gasteiger partial charge in [-0.3, -0.25) is 15.0 Å². The maximum atomic E-state index is 12.1. The summed E-state index contributed by atoms with van der Waals surface area (Å²) >= 11 is 5.83. The first kappa shape index (κ1) is 13.6. The van der Waals surface area contributed by atoms with Crippen LogP contribution >= 0.6 is 11.6 Å². The zero-order chi connectivity index (χ0) is 14.8. The highest BCUT2D eigenvalue weighted by Crippen LogP contribution is 2.26. The first-order valence-corrected chi connectivity index (χ1v) is 6.73. The molecule has 21 heavy (non-hydrogen) atoms. The van der Waals surface area contributed by atoms with Crippen molar-refractivity contribution in [3.8, 4) is 0 Å².